The molecular formula is C10H7N3O3S. The van der Waals surface area contributed by atoms with Crippen LogP contribution in [0.4, 0.5) is 5.00 Å². The maximum Gasteiger partial charge on any atom is 0.338 e. The highest BCUT2D eigenvalue weighted by Crippen LogP contribution is 2.23. The Hall–Kier alpha value is -2.28. The number of aromatic nitrogens is 2. The molecule has 0 aliphatic carbocycles. The molecule has 0 aromatic carbocycles. The smallest absolute Gasteiger partial charge is 0.338 e. The summed E-state index contributed by atoms with van der Waals surface area (Å²) in [6.07, 6.45) is 4.15. The quantitative estimate of drug-likeness (QED) is 0.859. The molecule has 86 valence electrons. The Bertz CT molecular complexity index is 553. The minimum atomic E-state index is -1.08. The van der Waals surface area contributed by atoms with Gasteiger partial charge in [-0.25, -0.2) is 9.78 Å². The molecule has 7 heteroatoms. The van der Waals surface area contributed by atoms with Gasteiger partial charge in [-0.2, -0.15) is 0 Å². The Morgan fingerprint density at radius 3 is 2.82 bits per heavy atom. The third kappa shape index (κ3) is 2.45. The summed E-state index contributed by atoms with van der Waals surface area (Å²) >= 11 is 1.14. The fourth-order valence-corrected chi connectivity index (χ4v) is 1.93. The van der Waals surface area contributed by atoms with Crippen molar-refractivity contribution in [2.45, 2.75) is 0 Å². The average Bonchev–Trinajstić information content (AvgIpc) is 2.78. The number of carbonyl (C=O) groups is 2. The first-order valence-electron chi connectivity index (χ1n) is 4.56. The molecule has 0 aliphatic heterocycles. The van der Waals surface area contributed by atoms with E-state index in [1.54, 1.807) is 5.38 Å². The molecule has 0 atom stereocenters. The second-order valence-electron chi connectivity index (χ2n) is 3.01. The Morgan fingerprint density at radius 1 is 1.35 bits per heavy atom. The number of hydrogen-bond donors (Lipinski definition) is 2. The SMILES string of the molecule is O=C(Nc1sccc1C(=O)O)c1cnccn1. The molecule has 0 radical (unpaired) electrons. The summed E-state index contributed by atoms with van der Waals surface area (Å²) in [5.41, 5.74) is 0.199. The van der Waals surface area contributed by atoms with Gasteiger partial charge in [0.25, 0.3) is 5.91 Å². The van der Waals surface area contributed by atoms with Gasteiger partial charge in [-0.3, -0.25) is 9.78 Å². The predicted octanol–water partition coefficient (Wildman–Crippen LogP) is 1.49. The van der Waals surface area contributed by atoms with Crippen LogP contribution in [0.5, 0.6) is 0 Å². The molecule has 6 nitrogen and oxygen atoms in total. The second kappa shape index (κ2) is 4.71. The van der Waals surface area contributed by atoms with E-state index in [1.165, 1.54) is 24.7 Å². The first kappa shape index (κ1) is 11.2. The maximum atomic E-state index is 11.7. The Labute approximate surface area is 100.0 Å². The van der Waals surface area contributed by atoms with Crippen molar-refractivity contribution in [2.24, 2.45) is 0 Å². The van der Waals surface area contributed by atoms with Crippen molar-refractivity contribution in [1.29, 1.82) is 0 Å². The van der Waals surface area contributed by atoms with Crippen molar-refractivity contribution >= 4 is 28.2 Å². The number of carboxylic acid groups (broad SMARTS) is 1. The van der Waals surface area contributed by atoms with E-state index in [1.807, 2.05) is 0 Å². The molecule has 2 aromatic heterocycles. The average molecular weight is 249 g/mol. The van der Waals surface area contributed by atoms with E-state index in [0.29, 0.717) is 0 Å². The van der Waals surface area contributed by atoms with Crippen molar-refractivity contribution in [1.82, 2.24) is 9.97 Å². The van der Waals surface area contributed by atoms with E-state index >= 15 is 0 Å². The van der Waals surface area contributed by atoms with E-state index in [0.717, 1.165) is 11.3 Å². The van der Waals surface area contributed by atoms with E-state index in [-0.39, 0.29) is 16.3 Å². The number of carbonyl (C=O) groups excluding carboxylic acids is 1. The molecule has 0 unspecified atom stereocenters. The number of nitrogens with one attached hydrogen (secondary N) is 1. The molecular weight excluding hydrogens is 242 g/mol. The Balaban J connectivity index is 2.19. The van der Waals surface area contributed by atoms with Gasteiger partial charge >= 0.3 is 5.97 Å². The van der Waals surface area contributed by atoms with Crippen LogP contribution in [0.3, 0.4) is 0 Å². The molecule has 0 saturated carbocycles. The third-order valence-electron chi connectivity index (χ3n) is 1.92. The zero-order valence-electron chi connectivity index (χ0n) is 8.45. The lowest BCUT2D eigenvalue weighted by Gasteiger charge is -2.02. The number of carboxylic acids is 1. The molecule has 2 aromatic rings. The van der Waals surface area contributed by atoms with Gasteiger partial charge in [0.15, 0.2) is 0 Å². The highest BCUT2D eigenvalue weighted by atomic mass is 32.1. The Kier molecular flexibility index (Phi) is 3.10. The molecule has 17 heavy (non-hydrogen) atoms. The number of nitrogens with zero attached hydrogens (tertiary/aromatic N) is 2. The maximum absolute atomic E-state index is 11.7. The topological polar surface area (TPSA) is 92.2 Å². The molecule has 2 rings (SSSR count). The van der Waals surface area contributed by atoms with E-state index in [2.05, 4.69) is 15.3 Å². The van der Waals surface area contributed by atoms with Gasteiger partial charge < -0.3 is 10.4 Å². The summed E-state index contributed by atoms with van der Waals surface area (Å²) < 4.78 is 0. The van der Waals surface area contributed by atoms with Crippen LogP contribution >= 0.6 is 11.3 Å². The van der Waals surface area contributed by atoms with Crippen LogP contribution < -0.4 is 5.32 Å². The van der Waals surface area contributed by atoms with Gasteiger partial charge in [-0.1, -0.05) is 0 Å². The number of anilines is 1. The number of hydrogen-bond acceptors (Lipinski definition) is 5. The molecule has 0 spiro atoms. The van der Waals surface area contributed by atoms with Gasteiger partial charge in [-0.15, -0.1) is 11.3 Å². The number of thiophene rings is 1. The van der Waals surface area contributed by atoms with Crippen LogP contribution in [0.1, 0.15) is 20.8 Å². The van der Waals surface area contributed by atoms with Gasteiger partial charge in [0.2, 0.25) is 0 Å². The van der Waals surface area contributed by atoms with Gasteiger partial charge in [0.05, 0.1) is 11.8 Å². The van der Waals surface area contributed by atoms with Gasteiger partial charge in [-0.05, 0) is 11.4 Å². The van der Waals surface area contributed by atoms with Crippen LogP contribution in [-0.2, 0) is 0 Å². The van der Waals surface area contributed by atoms with E-state index in [4.69, 9.17) is 5.11 Å². The molecule has 0 fully saturated rings. The van der Waals surface area contributed by atoms with Gasteiger partial charge in [0, 0.05) is 12.4 Å². The normalized spacial score (nSPS) is 9.88. The van der Waals surface area contributed by atoms with Crippen LogP contribution in [0.2, 0.25) is 0 Å². The van der Waals surface area contributed by atoms with Crippen molar-refractivity contribution < 1.29 is 14.7 Å². The lowest BCUT2D eigenvalue weighted by Crippen LogP contribution is -2.14. The number of rotatable bonds is 3. The fraction of sp³-hybridized carbons (Fsp3) is 0. The standard InChI is InChI=1S/C10H7N3O3S/c14-8(7-5-11-2-3-12-7)13-9-6(10(15)16)1-4-17-9/h1-5H,(H,13,14)(H,15,16). The lowest BCUT2D eigenvalue weighted by molar-refractivity contribution is 0.0698. The first-order chi connectivity index (χ1) is 8.18. The summed E-state index contributed by atoms with van der Waals surface area (Å²) in [7, 11) is 0. The lowest BCUT2D eigenvalue weighted by atomic mass is 10.3. The summed E-state index contributed by atoms with van der Waals surface area (Å²) in [6.45, 7) is 0. The molecule has 0 bridgehead atoms. The second-order valence-corrected chi connectivity index (χ2v) is 3.93. The van der Waals surface area contributed by atoms with Crippen molar-refractivity contribution in [3.8, 4) is 0 Å². The van der Waals surface area contributed by atoms with Crippen LogP contribution in [0, 0.1) is 0 Å². The summed E-state index contributed by atoms with van der Waals surface area (Å²) in [6, 6.07) is 1.43. The van der Waals surface area contributed by atoms with Crippen molar-refractivity contribution in [3.05, 3.63) is 41.3 Å². The fourth-order valence-electron chi connectivity index (χ4n) is 1.16. The largest absolute Gasteiger partial charge is 0.478 e. The summed E-state index contributed by atoms with van der Waals surface area (Å²) in [5, 5.41) is 13.2. The monoisotopic (exact) mass is 249 g/mol. The van der Waals surface area contributed by atoms with Crippen LogP contribution in [0.15, 0.2) is 30.0 Å². The highest BCUT2D eigenvalue weighted by molar-refractivity contribution is 7.14. The summed E-state index contributed by atoms with van der Waals surface area (Å²) in [4.78, 5) is 30.1. The van der Waals surface area contributed by atoms with Crippen molar-refractivity contribution in [2.75, 3.05) is 5.32 Å². The molecule has 0 saturated heterocycles. The third-order valence-corrected chi connectivity index (χ3v) is 2.75. The summed E-state index contributed by atoms with van der Waals surface area (Å²) in [5.74, 6) is -1.57. The van der Waals surface area contributed by atoms with Crippen LogP contribution in [0.25, 0.3) is 0 Å². The number of amides is 1. The highest BCUT2D eigenvalue weighted by Gasteiger charge is 2.15. The zero-order chi connectivity index (χ0) is 12.3. The molecule has 0 aliphatic rings. The molecule has 1 amide bonds. The van der Waals surface area contributed by atoms with E-state index < -0.39 is 11.9 Å². The first-order valence-corrected chi connectivity index (χ1v) is 5.44. The van der Waals surface area contributed by atoms with Crippen molar-refractivity contribution in [3.63, 3.8) is 0 Å². The molecule has 2 N–H and O–H groups in total. The number of aromatic carboxylic acids is 1. The van der Waals surface area contributed by atoms with E-state index in [9.17, 15) is 9.59 Å². The van der Waals surface area contributed by atoms with Gasteiger partial charge in [0.1, 0.15) is 10.7 Å². The predicted molar refractivity (Wildman–Crippen MR) is 61.3 cm³/mol. The molecule has 2 heterocycles. The zero-order valence-corrected chi connectivity index (χ0v) is 9.27. The minimum absolute atomic E-state index is 0.0623. The minimum Gasteiger partial charge on any atom is -0.478 e. The Morgan fingerprint density at radius 2 is 2.18 bits per heavy atom. The van der Waals surface area contributed by atoms with Crippen LogP contribution in [-0.4, -0.2) is 27.0 Å².